The normalized spacial score (nSPS) is 16.3. The van der Waals surface area contributed by atoms with Crippen molar-refractivity contribution in [3.63, 3.8) is 0 Å². The van der Waals surface area contributed by atoms with Gasteiger partial charge in [-0.2, -0.15) is 0 Å². The number of aliphatic imine (C=N–C) groups is 1. The molecule has 420 valence electrons. The molecule has 76 heavy (non-hydrogen) atoms. The molecule has 18 N–H and O–H groups in total. The Hall–Kier alpha value is -7.54. The number of phenols is 2. The summed E-state index contributed by atoms with van der Waals surface area (Å²) in [6.45, 7) is 7.37. The first-order valence-electron chi connectivity index (χ1n) is 25.6. The van der Waals surface area contributed by atoms with E-state index in [1.54, 1.807) is 26.0 Å². The number of aliphatic carboxylic acids is 2. The summed E-state index contributed by atoms with van der Waals surface area (Å²) in [5.41, 5.74) is 24.1. The van der Waals surface area contributed by atoms with Crippen LogP contribution < -0.4 is 54.8 Å². The van der Waals surface area contributed by atoms with E-state index in [1.807, 2.05) is 13.8 Å². The van der Waals surface area contributed by atoms with Crippen molar-refractivity contribution in [1.29, 1.82) is 0 Å². The van der Waals surface area contributed by atoms with E-state index in [0.29, 0.717) is 36.8 Å². The molecule has 0 aliphatic carbocycles. The van der Waals surface area contributed by atoms with Crippen molar-refractivity contribution >= 4 is 59.2 Å². The summed E-state index contributed by atoms with van der Waals surface area (Å²) < 4.78 is 0. The number of carbonyl (C=O) groups excluding carboxylic acids is 7. The topological polar surface area (TPSA) is 426 Å². The second-order valence-corrected chi connectivity index (χ2v) is 19.4. The van der Waals surface area contributed by atoms with E-state index in [0.717, 1.165) is 0 Å². The van der Waals surface area contributed by atoms with Gasteiger partial charge in [-0.05, 0) is 105 Å². The van der Waals surface area contributed by atoms with Crippen LogP contribution in [0.25, 0.3) is 0 Å². The summed E-state index contributed by atoms with van der Waals surface area (Å²) in [5, 5.41) is 54.7. The van der Waals surface area contributed by atoms with Crippen LogP contribution in [0, 0.1) is 11.8 Å². The third-order valence-electron chi connectivity index (χ3n) is 13.1. The molecule has 2 aromatic rings. The van der Waals surface area contributed by atoms with Crippen LogP contribution in [0.1, 0.15) is 103 Å². The fraction of sp³-hybridized carbons (Fsp3) is 0.569. The lowest BCUT2D eigenvalue weighted by atomic mass is 9.98. The van der Waals surface area contributed by atoms with E-state index < -0.39 is 120 Å². The minimum Gasteiger partial charge on any atom is -0.508 e. The van der Waals surface area contributed by atoms with Crippen LogP contribution in [0.2, 0.25) is 0 Å². The molecule has 0 unspecified atom stereocenters. The van der Waals surface area contributed by atoms with Crippen LogP contribution in [0.15, 0.2) is 53.5 Å². The van der Waals surface area contributed by atoms with Gasteiger partial charge < -0.3 is 80.2 Å². The fourth-order valence-corrected chi connectivity index (χ4v) is 8.34. The Morgan fingerprint density at radius 2 is 1.14 bits per heavy atom. The summed E-state index contributed by atoms with van der Waals surface area (Å²) in [6, 6.07) is 1.09. The Balaban J connectivity index is 1.93. The lowest BCUT2D eigenvalue weighted by Crippen LogP contribution is -2.60. The van der Waals surface area contributed by atoms with E-state index in [4.69, 9.17) is 22.9 Å². The van der Waals surface area contributed by atoms with Crippen LogP contribution in [0.5, 0.6) is 11.5 Å². The molecule has 0 spiro atoms. The molecular weight excluding hydrogens is 989 g/mol. The lowest BCUT2D eigenvalue weighted by molar-refractivity contribution is -0.142. The molecule has 1 saturated heterocycles. The van der Waals surface area contributed by atoms with Crippen LogP contribution in [0.4, 0.5) is 0 Å². The highest BCUT2D eigenvalue weighted by molar-refractivity contribution is 5.98. The molecule has 3 rings (SSSR count). The summed E-state index contributed by atoms with van der Waals surface area (Å²) in [6.07, 6.45) is 0.648. The van der Waals surface area contributed by atoms with Crippen LogP contribution in [-0.2, 0) is 56.0 Å². The number of amides is 7. The highest BCUT2D eigenvalue weighted by Crippen LogP contribution is 2.22. The predicted octanol–water partition coefficient (Wildman–Crippen LogP) is -1.06. The van der Waals surface area contributed by atoms with Gasteiger partial charge in [-0.1, -0.05) is 58.4 Å². The minimum atomic E-state index is -1.60. The Morgan fingerprint density at radius 3 is 1.63 bits per heavy atom. The first-order valence-corrected chi connectivity index (χ1v) is 25.6. The van der Waals surface area contributed by atoms with Crippen molar-refractivity contribution in [3.8, 4) is 11.5 Å². The first kappa shape index (κ1) is 62.8. The maximum Gasteiger partial charge on any atom is 0.326 e. The average Bonchev–Trinajstić information content (AvgIpc) is 3.87. The predicted molar refractivity (Wildman–Crippen MR) is 280 cm³/mol. The standard InChI is InChI=1S/C51H78N12O13/c1-5-29(4)41(53)49(74)63-25-9-12-39(63)47(72)60-37(26-30-13-17-32(64)18-14-30)46(71)58-35(11-8-24-56-51(54)55)44(69)57-34(10-6-7-23-52)43(68)59-36(21-22-40(66)67)45(70)62-42(28(2)3)48(73)61-38(50(75)76)27-31-15-19-33(65)20-16-31/h13-20,28-29,34-39,41-42,64-65H,5-12,21-27,52-53H2,1-4H3,(H,57,69)(H,58,71)(H,59,68)(H,60,72)(H,61,73)(H,62,70)(H,66,67)(H,75,76)(H4,54,55,56)/t29-,34-,35-,36-,37-,38-,39-,41-,42-/m0/s1. The van der Waals surface area contributed by atoms with Gasteiger partial charge in [-0.3, -0.25) is 43.3 Å². The molecule has 1 aliphatic rings. The van der Waals surface area contributed by atoms with Gasteiger partial charge in [0.15, 0.2) is 5.96 Å². The Morgan fingerprint density at radius 1 is 0.658 bits per heavy atom. The number of carboxylic acids is 2. The molecule has 0 aromatic heterocycles. The molecule has 1 aliphatic heterocycles. The molecule has 9 atom stereocenters. The molecule has 0 saturated carbocycles. The molecule has 0 radical (unpaired) electrons. The number of nitrogens with zero attached hydrogens (tertiary/aromatic N) is 2. The number of aromatic hydroxyl groups is 2. The molecule has 7 amide bonds. The van der Waals surface area contributed by atoms with Gasteiger partial charge in [0.05, 0.1) is 6.04 Å². The minimum absolute atomic E-state index is 0.0194. The van der Waals surface area contributed by atoms with E-state index in [9.17, 15) is 63.6 Å². The Labute approximate surface area is 442 Å². The summed E-state index contributed by atoms with van der Waals surface area (Å²) in [4.78, 5) is 128. The molecule has 2 aromatic carbocycles. The van der Waals surface area contributed by atoms with Crippen LogP contribution in [0.3, 0.4) is 0 Å². The second kappa shape index (κ2) is 31.4. The van der Waals surface area contributed by atoms with Crippen molar-refractivity contribution in [3.05, 3.63) is 59.7 Å². The molecule has 25 nitrogen and oxygen atoms in total. The highest BCUT2D eigenvalue weighted by Gasteiger charge is 2.40. The zero-order valence-corrected chi connectivity index (χ0v) is 43.7. The van der Waals surface area contributed by atoms with Gasteiger partial charge in [0.25, 0.3) is 0 Å². The molecule has 1 fully saturated rings. The van der Waals surface area contributed by atoms with E-state index >= 15 is 0 Å². The number of phenolic OH excluding ortho intramolecular Hbond substituents is 2. The number of unbranched alkanes of at least 4 members (excludes halogenated alkanes) is 1. The quantitative estimate of drug-likeness (QED) is 0.0236. The first-order chi connectivity index (χ1) is 35.9. The number of carbonyl (C=O) groups is 9. The van der Waals surface area contributed by atoms with Gasteiger partial charge in [-0.15, -0.1) is 0 Å². The molecular formula is C51H78N12O13. The second-order valence-electron chi connectivity index (χ2n) is 19.4. The number of hydrogen-bond acceptors (Lipinski definition) is 14. The number of benzene rings is 2. The molecule has 0 bridgehead atoms. The third kappa shape index (κ3) is 20.6. The number of guanidine groups is 1. The van der Waals surface area contributed by atoms with Gasteiger partial charge >= 0.3 is 11.9 Å². The summed E-state index contributed by atoms with van der Waals surface area (Å²) in [5.74, 6) is -9.44. The van der Waals surface area contributed by atoms with Crippen molar-refractivity contribution in [1.82, 2.24) is 36.8 Å². The maximum absolute atomic E-state index is 14.4. The van der Waals surface area contributed by atoms with Gasteiger partial charge in [-0.25, -0.2) is 4.79 Å². The smallest absolute Gasteiger partial charge is 0.326 e. The Bertz CT molecular complexity index is 2310. The third-order valence-corrected chi connectivity index (χ3v) is 13.1. The molecule has 1 heterocycles. The Kier molecular flexibility index (Phi) is 25.9. The number of likely N-dealkylation sites (tertiary alicyclic amines) is 1. The van der Waals surface area contributed by atoms with Gasteiger partial charge in [0, 0.05) is 32.4 Å². The van der Waals surface area contributed by atoms with Crippen LogP contribution in [-0.4, -0.2) is 153 Å². The SMILES string of the molecule is CC[C@H](C)[C@H](N)C(=O)N1CCC[C@H]1C(=O)N[C@@H](Cc1ccc(O)cc1)C(=O)N[C@@H](CCCN=C(N)N)C(=O)N[C@@H](CCCCN)C(=O)N[C@@H](CCC(=O)O)C(=O)N[C@H](C(=O)N[C@@H](Cc1ccc(O)cc1)C(=O)O)C(C)C. The molecule has 25 heteroatoms. The number of carboxylic acid groups (broad SMARTS) is 2. The summed E-state index contributed by atoms with van der Waals surface area (Å²) in [7, 11) is 0. The highest BCUT2D eigenvalue weighted by atomic mass is 16.4. The monoisotopic (exact) mass is 1070 g/mol. The van der Waals surface area contributed by atoms with Gasteiger partial charge in [0.2, 0.25) is 41.4 Å². The number of nitrogens with one attached hydrogen (secondary N) is 6. The zero-order valence-electron chi connectivity index (χ0n) is 43.7. The lowest BCUT2D eigenvalue weighted by Gasteiger charge is -2.30. The van der Waals surface area contributed by atoms with E-state index in [2.05, 4.69) is 36.9 Å². The number of rotatable bonds is 32. The number of nitrogens with two attached hydrogens (primary N) is 4. The summed E-state index contributed by atoms with van der Waals surface area (Å²) >= 11 is 0. The zero-order chi connectivity index (χ0) is 56.6. The van der Waals surface area contributed by atoms with Crippen molar-refractivity contribution < 1.29 is 63.6 Å². The van der Waals surface area contributed by atoms with E-state index in [-0.39, 0.29) is 81.5 Å². The van der Waals surface area contributed by atoms with Crippen molar-refractivity contribution in [2.45, 2.75) is 153 Å². The van der Waals surface area contributed by atoms with Crippen molar-refractivity contribution in [2.75, 3.05) is 19.6 Å². The maximum atomic E-state index is 14.4. The average molecular weight is 1070 g/mol. The largest absolute Gasteiger partial charge is 0.508 e. The van der Waals surface area contributed by atoms with Crippen LogP contribution >= 0.6 is 0 Å². The number of hydrogen-bond donors (Lipinski definition) is 14. The fourth-order valence-electron chi connectivity index (χ4n) is 8.34. The van der Waals surface area contributed by atoms with Gasteiger partial charge in [0.1, 0.15) is 53.8 Å². The van der Waals surface area contributed by atoms with E-state index in [1.165, 1.54) is 41.3 Å². The van der Waals surface area contributed by atoms with Crippen molar-refractivity contribution in [2.24, 2.45) is 39.8 Å².